The van der Waals surface area contributed by atoms with Gasteiger partial charge in [0.25, 0.3) is 0 Å². The summed E-state index contributed by atoms with van der Waals surface area (Å²) in [6.45, 7) is 2.71. The highest BCUT2D eigenvalue weighted by atomic mass is 32.2. The van der Waals surface area contributed by atoms with Crippen molar-refractivity contribution in [2.75, 3.05) is 38.3 Å². The van der Waals surface area contributed by atoms with Crippen LogP contribution in [0.5, 0.6) is 0 Å². The van der Waals surface area contributed by atoms with Crippen molar-refractivity contribution in [3.05, 3.63) is 66.9 Å². The number of benzene rings is 1. The molecule has 0 unspecified atom stereocenters. The summed E-state index contributed by atoms with van der Waals surface area (Å²) >= 11 is 0. The second-order valence-electron chi connectivity index (χ2n) is 7.82. The lowest BCUT2D eigenvalue weighted by Gasteiger charge is -2.28. The number of hydrogen-bond donors (Lipinski definition) is 1. The summed E-state index contributed by atoms with van der Waals surface area (Å²) in [4.78, 5) is 18.9. The molecule has 0 aliphatic carbocycles. The zero-order valence-electron chi connectivity index (χ0n) is 18.2. The molecule has 1 aliphatic rings. The van der Waals surface area contributed by atoms with E-state index < -0.39 is 10.0 Å². The fourth-order valence-corrected chi connectivity index (χ4v) is 5.01. The number of sulfonamides is 1. The van der Waals surface area contributed by atoms with Crippen LogP contribution in [0.2, 0.25) is 0 Å². The van der Waals surface area contributed by atoms with E-state index in [0.29, 0.717) is 32.1 Å². The molecule has 0 radical (unpaired) electrons. The van der Waals surface area contributed by atoms with Gasteiger partial charge in [-0.1, -0.05) is 12.1 Å². The Bertz CT molecular complexity index is 1370. The lowest BCUT2D eigenvalue weighted by molar-refractivity contribution is 0.122. The van der Waals surface area contributed by atoms with Crippen LogP contribution in [-0.4, -0.2) is 66.0 Å². The molecule has 4 aromatic rings. The van der Waals surface area contributed by atoms with Crippen molar-refractivity contribution < 1.29 is 13.2 Å². The van der Waals surface area contributed by atoms with Gasteiger partial charge in [0.15, 0.2) is 0 Å². The molecule has 1 N–H and O–H groups in total. The Morgan fingerprint density at radius 3 is 2.76 bits per heavy atom. The van der Waals surface area contributed by atoms with Crippen LogP contribution in [-0.2, 0) is 21.3 Å². The van der Waals surface area contributed by atoms with Crippen LogP contribution in [0.15, 0.2) is 66.0 Å². The molecule has 3 aromatic heterocycles. The number of pyridine rings is 1. The Hall–Kier alpha value is -3.34. The van der Waals surface area contributed by atoms with Gasteiger partial charge in [-0.2, -0.15) is 4.31 Å². The standard InChI is InChI=1S/C23H24N6O3S/c1-28(33(30,31)17-4-3-8-24-15-17)16-22-26-21(14-23(27-22)29-10-12-32-13-11-29)18-5-2-6-20-19(18)7-9-25-20/h2-9,14-15,25H,10-13,16H2,1H3. The second kappa shape index (κ2) is 8.89. The summed E-state index contributed by atoms with van der Waals surface area (Å²) in [6.07, 6.45) is 4.78. The zero-order chi connectivity index (χ0) is 22.8. The number of hydrogen-bond acceptors (Lipinski definition) is 7. The van der Waals surface area contributed by atoms with E-state index in [1.165, 1.54) is 23.6 Å². The van der Waals surface area contributed by atoms with Crippen LogP contribution in [0.3, 0.4) is 0 Å². The van der Waals surface area contributed by atoms with Crippen LogP contribution >= 0.6 is 0 Å². The first kappa shape index (κ1) is 21.5. The van der Waals surface area contributed by atoms with E-state index in [0.717, 1.165) is 28.0 Å². The highest BCUT2D eigenvalue weighted by Gasteiger charge is 2.23. The van der Waals surface area contributed by atoms with E-state index >= 15 is 0 Å². The highest BCUT2D eigenvalue weighted by molar-refractivity contribution is 7.89. The second-order valence-corrected chi connectivity index (χ2v) is 9.87. The number of H-pyrrole nitrogens is 1. The predicted molar refractivity (Wildman–Crippen MR) is 125 cm³/mol. The molecule has 0 saturated carbocycles. The van der Waals surface area contributed by atoms with Crippen molar-refractivity contribution in [2.24, 2.45) is 0 Å². The van der Waals surface area contributed by atoms with Crippen molar-refractivity contribution in [1.82, 2.24) is 24.2 Å². The summed E-state index contributed by atoms with van der Waals surface area (Å²) in [6, 6.07) is 13.1. The monoisotopic (exact) mass is 464 g/mol. The summed E-state index contributed by atoms with van der Waals surface area (Å²) in [5, 5.41) is 1.05. The number of fused-ring (bicyclic) bond motifs is 1. The third-order valence-electron chi connectivity index (χ3n) is 5.67. The van der Waals surface area contributed by atoms with E-state index in [4.69, 9.17) is 14.7 Å². The van der Waals surface area contributed by atoms with Crippen molar-refractivity contribution in [3.8, 4) is 11.3 Å². The van der Waals surface area contributed by atoms with Crippen molar-refractivity contribution >= 4 is 26.7 Å². The Kier molecular flexibility index (Phi) is 5.79. The minimum Gasteiger partial charge on any atom is -0.378 e. The predicted octanol–water partition coefficient (Wildman–Crippen LogP) is 2.68. The number of nitrogens with one attached hydrogen (secondary N) is 1. The van der Waals surface area contributed by atoms with E-state index in [-0.39, 0.29) is 11.4 Å². The van der Waals surface area contributed by atoms with Crippen molar-refractivity contribution in [1.29, 1.82) is 0 Å². The summed E-state index contributed by atoms with van der Waals surface area (Å²) in [7, 11) is -2.20. The van der Waals surface area contributed by atoms with Gasteiger partial charge < -0.3 is 14.6 Å². The third-order valence-corrected chi connectivity index (χ3v) is 7.46. The lowest BCUT2D eigenvalue weighted by Crippen LogP contribution is -2.37. The van der Waals surface area contributed by atoms with E-state index in [1.54, 1.807) is 12.3 Å². The molecule has 10 heteroatoms. The summed E-state index contributed by atoms with van der Waals surface area (Å²) in [5.74, 6) is 1.19. The smallest absolute Gasteiger partial charge is 0.244 e. The fourth-order valence-electron chi connectivity index (χ4n) is 3.92. The first-order valence-electron chi connectivity index (χ1n) is 10.7. The fraction of sp³-hybridized carbons (Fsp3) is 0.261. The van der Waals surface area contributed by atoms with Gasteiger partial charge in [-0.15, -0.1) is 0 Å². The Morgan fingerprint density at radius 2 is 1.97 bits per heavy atom. The van der Waals surface area contributed by atoms with Crippen LogP contribution in [0.4, 0.5) is 5.82 Å². The maximum absolute atomic E-state index is 13.0. The summed E-state index contributed by atoms with van der Waals surface area (Å²) in [5.41, 5.74) is 2.72. The lowest BCUT2D eigenvalue weighted by atomic mass is 10.1. The first-order valence-corrected chi connectivity index (χ1v) is 12.1. The van der Waals surface area contributed by atoms with Crippen LogP contribution in [0.25, 0.3) is 22.2 Å². The number of anilines is 1. The van der Waals surface area contributed by atoms with Gasteiger partial charge in [0.1, 0.15) is 16.5 Å². The van der Waals surface area contributed by atoms with Gasteiger partial charge in [-0.25, -0.2) is 18.4 Å². The average Bonchev–Trinajstić information content (AvgIpc) is 3.34. The molecule has 0 bridgehead atoms. The Balaban J connectivity index is 1.55. The molecule has 1 aromatic carbocycles. The Morgan fingerprint density at radius 1 is 1.12 bits per heavy atom. The van der Waals surface area contributed by atoms with Gasteiger partial charge in [0.2, 0.25) is 10.0 Å². The molecule has 1 saturated heterocycles. The minimum atomic E-state index is -3.73. The minimum absolute atomic E-state index is 0.0333. The largest absolute Gasteiger partial charge is 0.378 e. The van der Waals surface area contributed by atoms with E-state index in [1.807, 2.05) is 36.5 Å². The SMILES string of the molecule is CN(Cc1nc(-c2cccc3[nH]ccc23)cc(N2CCOCC2)n1)S(=O)(=O)c1cccnc1. The maximum Gasteiger partial charge on any atom is 0.244 e. The molecule has 1 fully saturated rings. The summed E-state index contributed by atoms with van der Waals surface area (Å²) < 4.78 is 32.8. The number of nitrogens with zero attached hydrogens (tertiary/aromatic N) is 5. The molecular weight excluding hydrogens is 440 g/mol. The van der Waals surface area contributed by atoms with Gasteiger partial charge in [0.05, 0.1) is 25.5 Å². The average molecular weight is 465 g/mol. The molecule has 1 aliphatic heterocycles. The zero-order valence-corrected chi connectivity index (χ0v) is 19.0. The molecule has 0 spiro atoms. The van der Waals surface area contributed by atoms with Crippen molar-refractivity contribution in [2.45, 2.75) is 11.4 Å². The number of ether oxygens (including phenoxy) is 1. The molecule has 33 heavy (non-hydrogen) atoms. The third kappa shape index (κ3) is 4.32. The number of rotatable bonds is 6. The highest BCUT2D eigenvalue weighted by Crippen LogP contribution is 2.29. The molecule has 9 nitrogen and oxygen atoms in total. The van der Waals surface area contributed by atoms with E-state index in [9.17, 15) is 8.42 Å². The van der Waals surface area contributed by atoms with Crippen LogP contribution in [0.1, 0.15) is 5.82 Å². The molecule has 4 heterocycles. The van der Waals surface area contributed by atoms with Gasteiger partial charge in [-0.05, 0) is 24.3 Å². The Labute approximate surface area is 192 Å². The molecule has 5 rings (SSSR count). The number of aromatic amines is 1. The molecule has 170 valence electrons. The van der Waals surface area contributed by atoms with E-state index in [2.05, 4.69) is 14.9 Å². The van der Waals surface area contributed by atoms with Crippen molar-refractivity contribution in [3.63, 3.8) is 0 Å². The van der Waals surface area contributed by atoms with Gasteiger partial charge in [0, 0.05) is 61.3 Å². The van der Waals surface area contributed by atoms with Gasteiger partial charge >= 0.3 is 0 Å². The maximum atomic E-state index is 13.0. The molecule has 0 atom stereocenters. The molecule has 0 amide bonds. The normalized spacial score (nSPS) is 14.8. The number of morpholine rings is 1. The first-order chi connectivity index (χ1) is 16.0. The number of aromatic nitrogens is 4. The quantitative estimate of drug-likeness (QED) is 0.468. The topological polar surface area (TPSA) is 104 Å². The van der Waals surface area contributed by atoms with Crippen LogP contribution < -0.4 is 4.90 Å². The van der Waals surface area contributed by atoms with Crippen LogP contribution in [0, 0.1) is 0 Å². The van der Waals surface area contributed by atoms with Gasteiger partial charge in [-0.3, -0.25) is 4.98 Å². The molecular formula is C23H24N6O3S.